The lowest BCUT2D eigenvalue weighted by Gasteiger charge is -2.26. The Hall–Kier alpha value is -3.48. The number of aromatic amines is 1. The van der Waals surface area contributed by atoms with Crippen molar-refractivity contribution in [3.05, 3.63) is 61.4 Å². The highest BCUT2D eigenvalue weighted by atomic mass is 15.3. The molecule has 1 saturated heterocycles. The maximum Gasteiger partial charge on any atom is 0.142 e. The third-order valence-electron chi connectivity index (χ3n) is 5.47. The number of hydrogen-bond donors (Lipinski definition) is 1. The molecule has 5 heterocycles. The van der Waals surface area contributed by atoms with E-state index in [0.717, 1.165) is 53.3 Å². The highest BCUT2D eigenvalue weighted by molar-refractivity contribution is 5.87. The van der Waals surface area contributed by atoms with Gasteiger partial charge in [-0.3, -0.25) is 4.98 Å². The minimum absolute atomic E-state index is 0.392. The number of hydrogen-bond acceptors (Lipinski definition) is 6. The van der Waals surface area contributed by atoms with E-state index in [1.807, 2.05) is 30.6 Å². The van der Waals surface area contributed by atoms with Crippen molar-refractivity contribution in [2.45, 2.75) is 12.5 Å². The Morgan fingerprint density at radius 2 is 1.93 bits per heavy atom. The summed E-state index contributed by atoms with van der Waals surface area (Å²) in [5, 5.41) is 1.07. The van der Waals surface area contributed by atoms with Crippen molar-refractivity contribution in [2.75, 3.05) is 29.9 Å². The number of nitrogens with one attached hydrogen (secondary N) is 1. The summed E-state index contributed by atoms with van der Waals surface area (Å²) in [7, 11) is 2.12. The molecule has 4 aromatic heterocycles. The Bertz CT molecular complexity index is 1070. The van der Waals surface area contributed by atoms with Gasteiger partial charge < -0.3 is 14.8 Å². The van der Waals surface area contributed by atoms with Crippen molar-refractivity contribution < 1.29 is 0 Å². The Morgan fingerprint density at radius 1 is 1.04 bits per heavy atom. The monoisotopic (exact) mass is 371 g/mol. The van der Waals surface area contributed by atoms with Crippen molar-refractivity contribution in [3.63, 3.8) is 0 Å². The molecule has 4 aromatic rings. The molecule has 0 radical (unpaired) electrons. The van der Waals surface area contributed by atoms with Crippen molar-refractivity contribution in [3.8, 4) is 11.1 Å². The summed E-state index contributed by atoms with van der Waals surface area (Å²) in [6, 6.07) is 10.6. The zero-order valence-corrected chi connectivity index (χ0v) is 15.7. The van der Waals surface area contributed by atoms with E-state index >= 15 is 0 Å². The molecular formula is C21H21N7. The number of H-pyrrole nitrogens is 1. The number of nitrogens with zero attached hydrogens (tertiary/aromatic N) is 6. The summed E-state index contributed by atoms with van der Waals surface area (Å²) in [6.07, 6.45) is 10.2. The zero-order valence-electron chi connectivity index (χ0n) is 15.7. The molecule has 1 aliphatic heterocycles. The lowest BCUT2D eigenvalue weighted by atomic mass is 10.1. The average Bonchev–Trinajstić information content (AvgIpc) is 3.43. The van der Waals surface area contributed by atoms with Crippen molar-refractivity contribution in [1.82, 2.24) is 24.9 Å². The average molecular weight is 371 g/mol. The first-order valence-corrected chi connectivity index (χ1v) is 9.42. The van der Waals surface area contributed by atoms with Crippen LogP contribution in [0.5, 0.6) is 0 Å². The molecule has 140 valence electrons. The van der Waals surface area contributed by atoms with Gasteiger partial charge in [0.05, 0.1) is 5.39 Å². The summed E-state index contributed by atoms with van der Waals surface area (Å²) >= 11 is 0. The molecule has 1 fully saturated rings. The normalized spacial score (nSPS) is 16.6. The molecule has 0 aromatic carbocycles. The summed E-state index contributed by atoms with van der Waals surface area (Å²) in [5.41, 5.74) is 3.11. The van der Waals surface area contributed by atoms with Crippen LogP contribution >= 0.6 is 0 Å². The second-order valence-corrected chi connectivity index (χ2v) is 7.08. The number of likely N-dealkylation sites (N-methyl/N-ethyl adjacent to an activating group) is 1. The van der Waals surface area contributed by atoms with Crippen molar-refractivity contribution >= 4 is 22.7 Å². The number of aromatic nitrogens is 5. The van der Waals surface area contributed by atoms with Crippen LogP contribution in [0.3, 0.4) is 0 Å². The van der Waals surface area contributed by atoms with Crippen LogP contribution in [0.4, 0.5) is 11.6 Å². The van der Waals surface area contributed by atoms with E-state index in [2.05, 4.69) is 48.9 Å². The van der Waals surface area contributed by atoms with Crippen LogP contribution in [0.15, 0.2) is 61.4 Å². The fourth-order valence-electron chi connectivity index (χ4n) is 3.86. The van der Waals surface area contributed by atoms with Gasteiger partial charge in [0.1, 0.15) is 23.6 Å². The molecule has 28 heavy (non-hydrogen) atoms. The molecule has 0 bridgehead atoms. The maximum absolute atomic E-state index is 4.70. The Balaban J connectivity index is 1.32. The smallest absolute Gasteiger partial charge is 0.142 e. The first-order chi connectivity index (χ1) is 13.8. The van der Waals surface area contributed by atoms with Crippen LogP contribution in [0.2, 0.25) is 0 Å². The van der Waals surface area contributed by atoms with Crippen LogP contribution in [0.25, 0.3) is 22.2 Å². The van der Waals surface area contributed by atoms with Crippen molar-refractivity contribution in [1.29, 1.82) is 0 Å². The van der Waals surface area contributed by atoms with Gasteiger partial charge in [0.2, 0.25) is 0 Å². The van der Waals surface area contributed by atoms with Crippen LogP contribution < -0.4 is 9.80 Å². The van der Waals surface area contributed by atoms with E-state index in [1.165, 1.54) is 0 Å². The standard InChI is InChI=1S/C21H21N7/c1-27(19-3-2-16(12-24-19)15-4-8-22-9-5-15)17-7-11-28(13-17)21-18-6-10-23-20(18)25-14-26-21/h2-6,8-10,12,14,17H,7,11,13H2,1H3,(H,23,25,26). The summed E-state index contributed by atoms with van der Waals surface area (Å²) in [6.45, 7) is 1.89. The first kappa shape index (κ1) is 16.7. The largest absolute Gasteiger partial charge is 0.355 e. The quantitative estimate of drug-likeness (QED) is 0.594. The first-order valence-electron chi connectivity index (χ1n) is 9.42. The molecule has 7 nitrogen and oxygen atoms in total. The van der Waals surface area contributed by atoms with Gasteiger partial charge in [-0.25, -0.2) is 15.0 Å². The van der Waals surface area contributed by atoms with Crippen LogP contribution in [0.1, 0.15) is 6.42 Å². The van der Waals surface area contributed by atoms with E-state index in [9.17, 15) is 0 Å². The van der Waals surface area contributed by atoms with E-state index < -0.39 is 0 Å². The zero-order chi connectivity index (χ0) is 18.9. The number of fused-ring (bicyclic) bond motifs is 1. The predicted molar refractivity (Wildman–Crippen MR) is 110 cm³/mol. The van der Waals surface area contributed by atoms with Crippen molar-refractivity contribution in [2.24, 2.45) is 0 Å². The molecule has 7 heteroatoms. The lowest BCUT2D eigenvalue weighted by molar-refractivity contribution is 0.684. The molecule has 1 unspecified atom stereocenters. The van der Waals surface area contributed by atoms with Gasteiger partial charge in [-0.1, -0.05) is 0 Å². The van der Waals surface area contributed by atoms with Gasteiger partial charge in [0, 0.05) is 56.5 Å². The molecule has 1 N–H and O–H groups in total. The molecule has 5 rings (SSSR count). The molecule has 0 amide bonds. The summed E-state index contributed by atoms with van der Waals surface area (Å²) in [5.74, 6) is 1.99. The fraction of sp³-hybridized carbons (Fsp3) is 0.238. The SMILES string of the molecule is CN(c1ccc(-c2ccncc2)cn1)C1CCN(c2ncnc3[nH]ccc23)C1. The van der Waals surface area contributed by atoms with Gasteiger partial charge in [0.25, 0.3) is 0 Å². The van der Waals surface area contributed by atoms with Crippen LogP contribution in [-0.4, -0.2) is 51.1 Å². The van der Waals surface area contributed by atoms with Gasteiger partial charge in [0.15, 0.2) is 0 Å². The highest BCUT2D eigenvalue weighted by Gasteiger charge is 2.28. The topological polar surface area (TPSA) is 73.8 Å². The minimum Gasteiger partial charge on any atom is -0.355 e. The third kappa shape index (κ3) is 2.94. The van der Waals surface area contributed by atoms with E-state index in [-0.39, 0.29) is 0 Å². The molecule has 1 atom stereocenters. The lowest BCUT2D eigenvalue weighted by Crippen LogP contribution is -2.35. The molecular weight excluding hydrogens is 350 g/mol. The second kappa shape index (κ2) is 6.92. The van der Waals surface area contributed by atoms with Gasteiger partial charge in [-0.2, -0.15) is 0 Å². The van der Waals surface area contributed by atoms with Crippen LogP contribution in [0, 0.1) is 0 Å². The third-order valence-corrected chi connectivity index (χ3v) is 5.47. The molecule has 1 aliphatic rings. The number of rotatable bonds is 4. The molecule has 0 saturated carbocycles. The minimum atomic E-state index is 0.392. The second-order valence-electron chi connectivity index (χ2n) is 7.08. The van der Waals surface area contributed by atoms with Gasteiger partial charge in [-0.15, -0.1) is 0 Å². The van der Waals surface area contributed by atoms with Gasteiger partial charge in [-0.05, 0) is 42.3 Å². The van der Waals surface area contributed by atoms with E-state index in [1.54, 1.807) is 18.7 Å². The van der Waals surface area contributed by atoms with E-state index in [4.69, 9.17) is 4.98 Å². The summed E-state index contributed by atoms with van der Waals surface area (Å²) in [4.78, 5) is 25.4. The molecule has 0 aliphatic carbocycles. The van der Waals surface area contributed by atoms with Crippen LogP contribution in [-0.2, 0) is 0 Å². The number of anilines is 2. The Morgan fingerprint density at radius 3 is 2.75 bits per heavy atom. The maximum atomic E-state index is 4.70. The van der Waals surface area contributed by atoms with E-state index in [0.29, 0.717) is 6.04 Å². The highest BCUT2D eigenvalue weighted by Crippen LogP contribution is 2.28. The Kier molecular flexibility index (Phi) is 4.12. The van der Waals surface area contributed by atoms with Gasteiger partial charge >= 0.3 is 0 Å². The Labute approximate surface area is 163 Å². The summed E-state index contributed by atoms with van der Waals surface area (Å²) < 4.78 is 0. The number of pyridine rings is 2. The predicted octanol–water partition coefficient (Wildman–Crippen LogP) is 3.13. The molecule has 0 spiro atoms. The fourth-order valence-corrected chi connectivity index (χ4v) is 3.86.